The summed E-state index contributed by atoms with van der Waals surface area (Å²) in [4.78, 5) is 12.1. The van der Waals surface area contributed by atoms with Crippen LogP contribution in [0, 0.1) is 13.8 Å². The molecule has 1 amide bonds. The van der Waals surface area contributed by atoms with Crippen molar-refractivity contribution >= 4 is 23.2 Å². The Balaban J connectivity index is 1.47. The summed E-state index contributed by atoms with van der Waals surface area (Å²) >= 11 is 6.08. The lowest BCUT2D eigenvalue weighted by Crippen LogP contribution is -2.20. The van der Waals surface area contributed by atoms with Gasteiger partial charge in [-0.15, -0.1) is 0 Å². The Morgan fingerprint density at radius 1 is 1.15 bits per heavy atom. The number of carbonyl (C=O) groups excluding carboxylic acids is 1. The van der Waals surface area contributed by atoms with Gasteiger partial charge in [0.15, 0.2) is 6.61 Å². The van der Waals surface area contributed by atoms with E-state index in [0.717, 1.165) is 36.3 Å². The van der Waals surface area contributed by atoms with Crippen LogP contribution in [0.15, 0.2) is 36.4 Å². The van der Waals surface area contributed by atoms with Crippen molar-refractivity contribution in [2.75, 3.05) is 25.1 Å². The van der Waals surface area contributed by atoms with Crippen LogP contribution >= 0.6 is 11.6 Å². The molecule has 0 saturated carbocycles. The first kappa shape index (κ1) is 19.5. The maximum absolute atomic E-state index is 12.1. The predicted octanol–water partition coefficient (Wildman–Crippen LogP) is 4.53. The number of benzene rings is 2. The molecule has 1 fully saturated rings. The number of rotatable bonds is 7. The molecule has 1 aliphatic heterocycles. The van der Waals surface area contributed by atoms with E-state index in [1.165, 1.54) is 0 Å². The Labute approximate surface area is 164 Å². The number of anilines is 1. The first-order valence-corrected chi connectivity index (χ1v) is 9.43. The van der Waals surface area contributed by atoms with Gasteiger partial charge in [-0.2, -0.15) is 0 Å². The fourth-order valence-electron chi connectivity index (χ4n) is 2.86. The zero-order chi connectivity index (χ0) is 19.2. The maximum Gasteiger partial charge on any atom is 0.262 e. The minimum absolute atomic E-state index is 0.0703. The summed E-state index contributed by atoms with van der Waals surface area (Å²) in [6.07, 6.45) is 2.32. The molecule has 0 unspecified atom stereocenters. The van der Waals surface area contributed by atoms with Gasteiger partial charge in [-0.25, -0.2) is 0 Å². The van der Waals surface area contributed by atoms with Crippen LogP contribution in [0.1, 0.15) is 24.0 Å². The minimum atomic E-state index is -0.227. The Morgan fingerprint density at radius 3 is 2.63 bits per heavy atom. The normalized spacial score (nSPS) is 16.2. The van der Waals surface area contributed by atoms with E-state index in [-0.39, 0.29) is 18.6 Å². The minimum Gasteiger partial charge on any atom is -0.491 e. The van der Waals surface area contributed by atoms with Gasteiger partial charge in [0, 0.05) is 17.3 Å². The summed E-state index contributed by atoms with van der Waals surface area (Å²) in [6, 6.07) is 10.8. The van der Waals surface area contributed by atoms with Crippen LogP contribution in [-0.2, 0) is 9.53 Å². The van der Waals surface area contributed by atoms with Crippen LogP contribution < -0.4 is 14.8 Å². The van der Waals surface area contributed by atoms with E-state index >= 15 is 0 Å². The van der Waals surface area contributed by atoms with Gasteiger partial charge in [-0.3, -0.25) is 4.79 Å². The topological polar surface area (TPSA) is 56.8 Å². The molecule has 2 aromatic rings. The van der Waals surface area contributed by atoms with Crippen LogP contribution in [0.4, 0.5) is 5.69 Å². The summed E-state index contributed by atoms with van der Waals surface area (Å²) in [5.74, 6) is 1.19. The fourth-order valence-corrected chi connectivity index (χ4v) is 3.06. The van der Waals surface area contributed by atoms with E-state index in [9.17, 15) is 4.79 Å². The molecule has 1 heterocycles. The van der Waals surface area contributed by atoms with Crippen molar-refractivity contribution in [2.45, 2.75) is 32.8 Å². The highest BCUT2D eigenvalue weighted by molar-refractivity contribution is 6.31. The zero-order valence-corrected chi connectivity index (χ0v) is 16.3. The molecule has 0 bridgehead atoms. The van der Waals surface area contributed by atoms with E-state index in [2.05, 4.69) is 5.32 Å². The van der Waals surface area contributed by atoms with Gasteiger partial charge >= 0.3 is 0 Å². The number of nitrogens with one attached hydrogen (secondary N) is 1. The van der Waals surface area contributed by atoms with Crippen LogP contribution in [0.2, 0.25) is 5.02 Å². The van der Waals surface area contributed by atoms with Crippen molar-refractivity contribution in [1.29, 1.82) is 0 Å². The molecule has 5 nitrogen and oxygen atoms in total. The van der Waals surface area contributed by atoms with Crippen molar-refractivity contribution in [3.63, 3.8) is 0 Å². The average Bonchev–Trinajstić information content (AvgIpc) is 3.19. The number of ether oxygens (including phenoxy) is 3. The highest BCUT2D eigenvalue weighted by atomic mass is 35.5. The van der Waals surface area contributed by atoms with E-state index in [1.807, 2.05) is 26.0 Å². The second kappa shape index (κ2) is 9.11. The quantitative estimate of drug-likeness (QED) is 0.755. The third-order valence-corrected chi connectivity index (χ3v) is 5.04. The van der Waals surface area contributed by atoms with E-state index in [1.54, 1.807) is 24.3 Å². The lowest BCUT2D eigenvalue weighted by Gasteiger charge is -2.13. The number of hydrogen-bond donors (Lipinski definition) is 1. The molecule has 1 aliphatic rings. The SMILES string of the molecule is Cc1c(Cl)ccc(OCC(=O)Nc2ccc(OC[C@@H]3CCCO3)cc2)c1C. The summed E-state index contributed by atoms with van der Waals surface area (Å²) in [7, 11) is 0. The Bertz CT molecular complexity index is 786. The van der Waals surface area contributed by atoms with E-state index < -0.39 is 0 Å². The molecule has 3 rings (SSSR count). The van der Waals surface area contributed by atoms with Crippen molar-refractivity contribution in [1.82, 2.24) is 0 Å². The predicted molar refractivity (Wildman–Crippen MR) is 106 cm³/mol. The first-order chi connectivity index (χ1) is 13.0. The Hall–Kier alpha value is -2.24. The summed E-state index contributed by atoms with van der Waals surface area (Å²) in [5, 5.41) is 3.50. The number of halogens is 1. The Kier molecular flexibility index (Phi) is 6.58. The molecular weight excluding hydrogens is 366 g/mol. The van der Waals surface area contributed by atoms with Gasteiger partial charge < -0.3 is 19.5 Å². The van der Waals surface area contributed by atoms with Crippen molar-refractivity contribution < 1.29 is 19.0 Å². The van der Waals surface area contributed by atoms with Gasteiger partial charge in [0.05, 0.1) is 6.10 Å². The molecule has 144 valence electrons. The highest BCUT2D eigenvalue weighted by Gasteiger charge is 2.16. The maximum atomic E-state index is 12.1. The summed E-state index contributed by atoms with van der Waals surface area (Å²) < 4.78 is 16.9. The first-order valence-electron chi connectivity index (χ1n) is 9.06. The third kappa shape index (κ3) is 5.37. The van der Waals surface area contributed by atoms with Gasteiger partial charge in [-0.05, 0) is 74.2 Å². The van der Waals surface area contributed by atoms with Crippen LogP contribution in [0.25, 0.3) is 0 Å². The monoisotopic (exact) mass is 389 g/mol. The second-order valence-electron chi connectivity index (χ2n) is 6.60. The molecular formula is C21H24ClNO4. The lowest BCUT2D eigenvalue weighted by molar-refractivity contribution is -0.118. The Morgan fingerprint density at radius 2 is 1.93 bits per heavy atom. The molecule has 2 aromatic carbocycles. The molecule has 1 atom stereocenters. The van der Waals surface area contributed by atoms with E-state index in [4.69, 9.17) is 25.8 Å². The summed E-state index contributed by atoms with van der Waals surface area (Å²) in [5.41, 5.74) is 2.58. The molecule has 0 radical (unpaired) electrons. The molecule has 1 saturated heterocycles. The molecule has 27 heavy (non-hydrogen) atoms. The van der Waals surface area contributed by atoms with Crippen molar-refractivity contribution in [3.8, 4) is 11.5 Å². The highest BCUT2D eigenvalue weighted by Crippen LogP contribution is 2.27. The van der Waals surface area contributed by atoms with Gasteiger partial charge in [0.2, 0.25) is 0 Å². The van der Waals surface area contributed by atoms with Crippen molar-refractivity contribution in [3.05, 3.63) is 52.5 Å². The molecule has 0 aliphatic carbocycles. The van der Waals surface area contributed by atoms with Gasteiger partial charge in [0.1, 0.15) is 18.1 Å². The van der Waals surface area contributed by atoms with Crippen LogP contribution in [0.3, 0.4) is 0 Å². The standard InChI is InChI=1S/C21H24ClNO4/c1-14-15(2)20(10-9-19(14)22)27-13-21(24)23-16-5-7-17(8-6-16)26-12-18-4-3-11-25-18/h5-10,18H,3-4,11-13H2,1-2H3,(H,23,24)/t18-/m0/s1. The van der Waals surface area contributed by atoms with Gasteiger partial charge in [-0.1, -0.05) is 11.6 Å². The molecule has 1 N–H and O–H groups in total. The third-order valence-electron chi connectivity index (χ3n) is 4.63. The number of amides is 1. The molecule has 0 aromatic heterocycles. The average molecular weight is 390 g/mol. The summed E-state index contributed by atoms with van der Waals surface area (Å²) in [6.45, 7) is 5.14. The largest absolute Gasteiger partial charge is 0.491 e. The lowest BCUT2D eigenvalue weighted by atomic mass is 10.1. The van der Waals surface area contributed by atoms with Crippen LogP contribution in [-0.4, -0.2) is 31.8 Å². The second-order valence-corrected chi connectivity index (χ2v) is 7.01. The van der Waals surface area contributed by atoms with Crippen LogP contribution in [0.5, 0.6) is 11.5 Å². The fraction of sp³-hybridized carbons (Fsp3) is 0.381. The number of hydrogen-bond acceptors (Lipinski definition) is 4. The smallest absolute Gasteiger partial charge is 0.262 e. The molecule has 6 heteroatoms. The van der Waals surface area contributed by atoms with Crippen molar-refractivity contribution in [2.24, 2.45) is 0 Å². The zero-order valence-electron chi connectivity index (χ0n) is 15.6. The number of carbonyl (C=O) groups is 1. The van der Waals surface area contributed by atoms with Gasteiger partial charge in [0.25, 0.3) is 5.91 Å². The molecule has 0 spiro atoms. The van der Waals surface area contributed by atoms with E-state index in [0.29, 0.717) is 23.1 Å².